The lowest BCUT2D eigenvalue weighted by molar-refractivity contribution is 0.0693. The maximum absolute atomic E-state index is 11.9. The molecule has 0 unspecified atom stereocenters. The number of carbonyl (C=O) groups is 1. The highest BCUT2D eigenvalue weighted by Gasteiger charge is 2.24. The van der Waals surface area contributed by atoms with E-state index in [2.05, 4.69) is 18.8 Å². The molecule has 18 heavy (non-hydrogen) atoms. The minimum absolute atomic E-state index is 0.0443. The van der Waals surface area contributed by atoms with Gasteiger partial charge in [-0.3, -0.25) is 4.79 Å². The molecule has 2 N–H and O–H groups in total. The topological polar surface area (TPSA) is 70.2 Å². The second-order valence-corrected chi connectivity index (χ2v) is 5.38. The minimum Gasteiger partial charge on any atom is -0.477 e. The molecule has 0 aromatic carbocycles. The lowest BCUT2D eigenvalue weighted by atomic mass is 9.86. The van der Waals surface area contributed by atoms with Gasteiger partial charge in [0.15, 0.2) is 0 Å². The van der Waals surface area contributed by atoms with Gasteiger partial charge in [0.2, 0.25) is 0 Å². The van der Waals surface area contributed by atoms with Crippen LogP contribution in [0.25, 0.3) is 0 Å². The van der Waals surface area contributed by atoms with E-state index in [4.69, 9.17) is 0 Å². The van der Waals surface area contributed by atoms with Gasteiger partial charge in [-0.15, -0.1) is 0 Å². The molecule has 4 heteroatoms. The SMILES string of the molecule is CC(C)Cc1[nH]c(=O)c(C(=O)O)c2c1CCCC2. The van der Waals surface area contributed by atoms with Gasteiger partial charge in [0, 0.05) is 5.69 Å². The third-order valence-electron chi connectivity index (χ3n) is 3.45. The van der Waals surface area contributed by atoms with Crippen molar-refractivity contribution in [2.45, 2.75) is 46.0 Å². The number of rotatable bonds is 3. The van der Waals surface area contributed by atoms with Gasteiger partial charge in [0.05, 0.1) is 0 Å². The molecule has 0 bridgehead atoms. The van der Waals surface area contributed by atoms with Gasteiger partial charge in [0.1, 0.15) is 5.56 Å². The smallest absolute Gasteiger partial charge is 0.341 e. The Morgan fingerprint density at radius 1 is 1.28 bits per heavy atom. The fourth-order valence-electron chi connectivity index (χ4n) is 2.73. The second-order valence-electron chi connectivity index (χ2n) is 5.38. The second kappa shape index (κ2) is 4.96. The molecule has 0 aliphatic heterocycles. The van der Waals surface area contributed by atoms with E-state index in [0.29, 0.717) is 12.3 Å². The first kappa shape index (κ1) is 12.9. The molecule has 0 saturated carbocycles. The molecule has 4 nitrogen and oxygen atoms in total. The number of hydrogen-bond acceptors (Lipinski definition) is 2. The van der Waals surface area contributed by atoms with Gasteiger partial charge in [0.25, 0.3) is 5.56 Å². The molecular weight excluding hydrogens is 230 g/mol. The third-order valence-corrected chi connectivity index (χ3v) is 3.45. The summed E-state index contributed by atoms with van der Waals surface area (Å²) in [6.07, 6.45) is 4.44. The summed E-state index contributed by atoms with van der Waals surface area (Å²) in [4.78, 5) is 25.9. The van der Waals surface area contributed by atoms with E-state index in [1.807, 2.05) is 0 Å². The number of carboxylic acid groups (broad SMARTS) is 1. The molecule has 2 rings (SSSR count). The maximum atomic E-state index is 11.9. The van der Waals surface area contributed by atoms with Gasteiger partial charge >= 0.3 is 5.97 Å². The number of aromatic nitrogens is 1. The summed E-state index contributed by atoms with van der Waals surface area (Å²) in [6, 6.07) is 0. The average molecular weight is 249 g/mol. The first-order chi connectivity index (χ1) is 8.50. The number of pyridine rings is 1. The van der Waals surface area contributed by atoms with Gasteiger partial charge in [-0.25, -0.2) is 4.79 Å². The van der Waals surface area contributed by atoms with Crippen LogP contribution in [0.2, 0.25) is 0 Å². The van der Waals surface area contributed by atoms with E-state index in [1.165, 1.54) is 0 Å². The van der Waals surface area contributed by atoms with Gasteiger partial charge in [-0.1, -0.05) is 13.8 Å². The van der Waals surface area contributed by atoms with Crippen molar-refractivity contribution in [1.82, 2.24) is 4.98 Å². The number of H-pyrrole nitrogens is 1. The van der Waals surface area contributed by atoms with Crippen LogP contribution in [0.5, 0.6) is 0 Å². The first-order valence-electron chi connectivity index (χ1n) is 6.51. The van der Waals surface area contributed by atoms with Crippen molar-refractivity contribution < 1.29 is 9.90 Å². The normalized spacial score (nSPS) is 14.6. The van der Waals surface area contributed by atoms with Crippen molar-refractivity contribution in [1.29, 1.82) is 0 Å². The zero-order chi connectivity index (χ0) is 13.3. The molecule has 0 spiro atoms. The highest BCUT2D eigenvalue weighted by atomic mass is 16.4. The van der Waals surface area contributed by atoms with Crippen LogP contribution in [0, 0.1) is 5.92 Å². The van der Waals surface area contributed by atoms with Crippen LogP contribution in [-0.2, 0) is 19.3 Å². The molecule has 0 fully saturated rings. The number of hydrogen-bond donors (Lipinski definition) is 2. The van der Waals surface area contributed by atoms with Crippen molar-refractivity contribution in [2.24, 2.45) is 5.92 Å². The Bertz CT molecular complexity index is 529. The Balaban J connectivity index is 2.62. The van der Waals surface area contributed by atoms with Crippen LogP contribution in [0.3, 0.4) is 0 Å². The Kier molecular flexibility index (Phi) is 3.55. The quantitative estimate of drug-likeness (QED) is 0.862. The maximum Gasteiger partial charge on any atom is 0.341 e. The molecule has 1 aromatic rings. The zero-order valence-corrected chi connectivity index (χ0v) is 10.9. The van der Waals surface area contributed by atoms with E-state index >= 15 is 0 Å². The summed E-state index contributed by atoms with van der Waals surface area (Å²) < 4.78 is 0. The van der Waals surface area contributed by atoms with Crippen LogP contribution in [0.4, 0.5) is 0 Å². The van der Waals surface area contributed by atoms with Crippen molar-refractivity contribution in [2.75, 3.05) is 0 Å². The van der Waals surface area contributed by atoms with Crippen LogP contribution < -0.4 is 5.56 Å². The molecule has 0 radical (unpaired) electrons. The van der Waals surface area contributed by atoms with Gasteiger partial charge in [-0.05, 0) is 49.1 Å². The number of fused-ring (bicyclic) bond motifs is 1. The summed E-state index contributed by atoms with van der Waals surface area (Å²) in [5, 5.41) is 9.17. The Hall–Kier alpha value is -1.58. The Labute approximate surface area is 106 Å². The summed E-state index contributed by atoms with van der Waals surface area (Å²) in [5.74, 6) is -0.659. The Morgan fingerprint density at radius 3 is 2.44 bits per heavy atom. The molecule has 98 valence electrons. The van der Waals surface area contributed by atoms with E-state index in [0.717, 1.165) is 42.5 Å². The summed E-state index contributed by atoms with van der Waals surface area (Å²) in [7, 11) is 0. The molecule has 0 saturated heterocycles. The predicted octanol–water partition coefficient (Wildman–Crippen LogP) is 2.15. The molecule has 1 aliphatic rings. The number of nitrogens with one attached hydrogen (secondary N) is 1. The number of aromatic amines is 1. The van der Waals surface area contributed by atoms with Crippen LogP contribution >= 0.6 is 0 Å². The number of carboxylic acids is 1. The number of aromatic carboxylic acids is 1. The van der Waals surface area contributed by atoms with Crippen LogP contribution in [-0.4, -0.2) is 16.1 Å². The highest BCUT2D eigenvalue weighted by molar-refractivity contribution is 5.89. The largest absolute Gasteiger partial charge is 0.477 e. The van der Waals surface area contributed by atoms with Crippen LogP contribution in [0.1, 0.15) is 53.9 Å². The van der Waals surface area contributed by atoms with Crippen molar-refractivity contribution in [3.05, 3.63) is 32.7 Å². The lowest BCUT2D eigenvalue weighted by Crippen LogP contribution is -2.26. The van der Waals surface area contributed by atoms with E-state index in [-0.39, 0.29) is 5.56 Å². The van der Waals surface area contributed by atoms with Crippen LogP contribution in [0.15, 0.2) is 4.79 Å². The zero-order valence-electron chi connectivity index (χ0n) is 10.9. The molecule has 0 atom stereocenters. The summed E-state index contributed by atoms with van der Waals surface area (Å²) in [6.45, 7) is 4.19. The van der Waals surface area contributed by atoms with Crippen molar-refractivity contribution >= 4 is 5.97 Å². The Morgan fingerprint density at radius 2 is 1.89 bits per heavy atom. The monoisotopic (exact) mass is 249 g/mol. The van der Waals surface area contributed by atoms with Crippen molar-refractivity contribution in [3.8, 4) is 0 Å². The fourth-order valence-corrected chi connectivity index (χ4v) is 2.73. The highest BCUT2D eigenvalue weighted by Crippen LogP contribution is 2.26. The molecule has 1 heterocycles. The van der Waals surface area contributed by atoms with Crippen molar-refractivity contribution in [3.63, 3.8) is 0 Å². The lowest BCUT2D eigenvalue weighted by Gasteiger charge is -2.21. The summed E-state index contributed by atoms with van der Waals surface area (Å²) in [5.41, 5.74) is 2.30. The predicted molar refractivity (Wildman–Crippen MR) is 69.2 cm³/mol. The standard InChI is InChI=1S/C14H19NO3/c1-8(2)7-11-9-5-3-4-6-10(9)12(14(17)18)13(16)15-11/h8H,3-7H2,1-2H3,(H,15,16)(H,17,18). The van der Waals surface area contributed by atoms with Gasteiger partial charge < -0.3 is 10.1 Å². The third kappa shape index (κ3) is 2.33. The van der Waals surface area contributed by atoms with E-state index in [9.17, 15) is 14.7 Å². The van der Waals surface area contributed by atoms with Gasteiger partial charge in [-0.2, -0.15) is 0 Å². The summed E-state index contributed by atoms with van der Waals surface area (Å²) >= 11 is 0. The molecule has 1 aromatic heterocycles. The fraction of sp³-hybridized carbons (Fsp3) is 0.571. The average Bonchev–Trinajstić information content (AvgIpc) is 2.27. The van der Waals surface area contributed by atoms with E-state index < -0.39 is 11.5 Å². The first-order valence-corrected chi connectivity index (χ1v) is 6.51. The minimum atomic E-state index is -1.11. The molecular formula is C14H19NO3. The van der Waals surface area contributed by atoms with E-state index in [1.54, 1.807) is 0 Å². The molecule has 0 amide bonds. The molecule has 1 aliphatic carbocycles.